The van der Waals surface area contributed by atoms with Crippen molar-refractivity contribution < 1.29 is 23.9 Å². The van der Waals surface area contributed by atoms with E-state index in [1.165, 1.54) is 0 Å². The Bertz CT molecular complexity index is 1040. The van der Waals surface area contributed by atoms with Crippen molar-refractivity contribution in [3.63, 3.8) is 0 Å². The van der Waals surface area contributed by atoms with E-state index >= 15 is 0 Å². The summed E-state index contributed by atoms with van der Waals surface area (Å²) in [6.07, 6.45) is 0. The van der Waals surface area contributed by atoms with Crippen molar-refractivity contribution in [1.29, 1.82) is 0 Å². The molecule has 0 saturated heterocycles. The van der Waals surface area contributed by atoms with Crippen molar-refractivity contribution >= 4 is 17.7 Å². The van der Waals surface area contributed by atoms with E-state index < -0.39 is 17.9 Å². The van der Waals surface area contributed by atoms with E-state index in [9.17, 15) is 14.4 Å². The maximum absolute atomic E-state index is 13.7. The highest BCUT2D eigenvalue weighted by molar-refractivity contribution is 6.12. The summed E-state index contributed by atoms with van der Waals surface area (Å²) in [4.78, 5) is 39.2. The predicted octanol–water partition coefficient (Wildman–Crippen LogP) is 4.43. The van der Waals surface area contributed by atoms with Crippen molar-refractivity contribution in [3.8, 4) is 11.1 Å². The molecule has 166 valence electrons. The number of hydrogen-bond acceptors (Lipinski definition) is 6. The van der Waals surface area contributed by atoms with Crippen LogP contribution in [0, 0.1) is 5.92 Å². The lowest BCUT2D eigenvalue weighted by atomic mass is 9.80. The van der Waals surface area contributed by atoms with Crippen LogP contribution in [0.1, 0.15) is 38.1 Å². The lowest BCUT2D eigenvalue weighted by Gasteiger charge is -2.29. The first-order chi connectivity index (χ1) is 15.4. The molecule has 6 heteroatoms. The van der Waals surface area contributed by atoms with Crippen molar-refractivity contribution in [2.45, 2.75) is 27.7 Å². The molecule has 2 aromatic rings. The van der Waals surface area contributed by atoms with E-state index in [1.54, 1.807) is 39.8 Å². The van der Waals surface area contributed by atoms with Crippen LogP contribution in [0.15, 0.2) is 77.1 Å². The molecule has 0 aromatic heterocycles. The van der Waals surface area contributed by atoms with Gasteiger partial charge in [0.1, 0.15) is 0 Å². The minimum atomic E-state index is -1.11. The summed E-state index contributed by atoms with van der Waals surface area (Å²) in [5, 5.41) is 3.03. The predicted molar refractivity (Wildman–Crippen MR) is 122 cm³/mol. The molecule has 32 heavy (non-hydrogen) atoms. The maximum Gasteiger partial charge on any atom is 0.336 e. The summed E-state index contributed by atoms with van der Waals surface area (Å²) >= 11 is 0. The Morgan fingerprint density at radius 2 is 1.22 bits per heavy atom. The van der Waals surface area contributed by atoms with Gasteiger partial charge in [0.2, 0.25) is 0 Å². The van der Waals surface area contributed by atoms with Gasteiger partial charge < -0.3 is 14.8 Å². The highest BCUT2D eigenvalue weighted by Gasteiger charge is 2.41. The van der Waals surface area contributed by atoms with Crippen LogP contribution in [-0.2, 0) is 19.1 Å². The molecule has 3 rings (SSSR count). The third kappa shape index (κ3) is 4.64. The Morgan fingerprint density at radius 1 is 0.750 bits per heavy atom. The number of esters is 2. The van der Waals surface area contributed by atoms with Crippen molar-refractivity contribution in [2.75, 3.05) is 13.2 Å². The number of carbonyl (C=O) groups excluding carboxylic acids is 3. The van der Waals surface area contributed by atoms with Crippen LogP contribution in [0.3, 0.4) is 0 Å². The highest BCUT2D eigenvalue weighted by Crippen LogP contribution is 2.34. The molecule has 1 N–H and O–H groups in total. The number of Topliss-reactive ketones (excluding diaryl/α,β-unsaturated/α-hetero) is 1. The number of ether oxygens (including phenoxy) is 2. The standard InChI is InChI=1S/C26H27NO5/c1-5-31-25(29)21-16(3)27-17(4)22(26(30)32-6-2)23(21)24(28)20-14-12-19(13-15-20)18-10-8-7-9-11-18/h7-15,23,27H,5-6H2,1-4H3. The second-order valence-corrected chi connectivity index (χ2v) is 7.38. The molecule has 0 fully saturated rings. The van der Waals surface area contributed by atoms with Gasteiger partial charge in [0.25, 0.3) is 0 Å². The largest absolute Gasteiger partial charge is 0.463 e. The van der Waals surface area contributed by atoms with Crippen LogP contribution in [-0.4, -0.2) is 30.9 Å². The summed E-state index contributed by atoms with van der Waals surface area (Å²) in [5.74, 6) is -2.75. The molecule has 2 aromatic carbocycles. The van der Waals surface area contributed by atoms with E-state index in [2.05, 4.69) is 5.32 Å². The zero-order chi connectivity index (χ0) is 23.3. The Hall–Kier alpha value is -3.67. The topological polar surface area (TPSA) is 81.7 Å². The molecule has 0 unspecified atom stereocenters. The molecule has 0 atom stereocenters. The summed E-state index contributed by atoms with van der Waals surface area (Å²) in [6, 6.07) is 16.9. The summed E-state index contributed by atoms with van der Waals surface area (Å²) in [6.45, 7) is 7.07. The number of benzene rings is 2. The van der Waals surface area contributed by atoms with Gasteiger partial charge in [-0.2, -0.15) is 0 Å². The SMILES string of the molecule is CCOC(=O)C1=C(C)NC(C)=C(C(=O)OCC)C1C(=O)c1ccc(-c2ccccc2)cc1. The Morgan fingerprint density at radius 3 is 1.69 bits per heavy atom. The van der Waals surface area contributed by atoms with Crippen LogP contribution in [0.2, 0.25) is 0 Å². The van der Waals surface area contributed by atoms with Gasteiger partial charge in [-0.05, 0) is 38.8 Å². The van der Waals surface area contributed by atoms with Crippen molar-refractivity contribution in [3.05, 3.63) is 82.7 Å². The molecule has 0 spiro atoms. The van der Waals surface area contributed by atoms with Crippen LogP contribution >= 0.6 is 0 Å². The zero-order valence-corrected chi connectivity index (χ0v) is 18.7. The fourth-order valence-corrected chi connectivity index (χ4v) is 3.84. The van der Waals surface area contributed by atoms with Crippen LogP contribution < -0.4 is 5.32 Å². The van der Waals surface area contributed by atoms with Gasteiger partial charge in [0.15, 0.2) is 5.78 Å². The van der Waals surface area contributed by atoms with Gasteiger partial charge in [0, 0.05) is 17.0 Å². The van der Waals surface area contributed by atoms with E-state index in [0.717, 1.165) is 11.1 Å². The number of allylic oxidation sites excluding steroid dienone is 2. The number of hydrogen-bond donors (Lipinski definition) is 1. The summed E-state index contributed by atoms with van der Waals surface area (Å²) in [5.41, 5.74) is 3.58. The first-order valence-electron chi connectivity index (χ1n) is 10.6. The smallest absolute Gasteiger partial charge is 0.336 e. The lowest BCUT2D eigenvalue weighted by molar-refractivity contribution is -0.139. The second-order valence-electron chi connectivity index (χ2n) is 7.38. The van der Waals surface area contributed by atoms with E-state index in [4.69, 9.17) is 9.47 Å². The second kappa shape index (κ2) is 10.1. The summed E-state index contributed by atoms with van der Waals surface area (Å²) in [7, 11) is 0. The zero-order valence-electron chi connectivity index (χ0n) is 18.7. The Kier molecular flexibility index (Phi) is 7.25. The Labute approximate surface area is 187 Å². The number of rotatable bonds is 7. The molecule has 0 bridgehead atoms. The van der Waals surface area contributed by atoms with Crippen molar-refractivity contribution in [2.24, 2.45) is 5.92 Å². The molecular formula is C26H27NO5. The average Bonchev–Trinajstić information content (AvgIpc) is 2.79. The monoisotopic (exact) mass is 433 g/mol. The third-order valence-electron chi connectivity index (χ3n) is 5.29. The quantitative estimate of drug-likeness (QED) is 0.514. The molecule has 0 saturated carbocycles. The van der Waals surface area contributed by atoms with Gasteiger partial charge in [-0.3, -0.25) is 4.79 Å². The van der Waals surface area contributed by atoms with Gasteiger partial charge >= 0.3 is 11.9 Å². The Balaban J connectivity index is 2.05. The third-order valence-corrected chi connectivity index (χ3v) is 5.29. The minimum absolute atomic E-state index is 0.123. The molecule has 0 radical (unpaired) electrons. The lowest BCUT2D eigenvalue weighted by Crippen LogP contribution is -2.37. The molecule has 1 heterocycles. The number of dihydropyridines is 1. The van der Waals surface area contributed by atoms with Gasteiger partial charge in [-0.15, -0.1) is 0 Å². The van der Waals surface area contributed by atoms with E-state index in [0.29, 0.717) is 17.0 Å². The first kappa shape index (κ1) is 23.0. The molecule has 0 amide bonds. The van der Waals surface area contributed by atoms with Crippen LogP contribution in [0.25, 0.3) is 11.1 Å². The number of nitrogens with one attached hydrogen (secondary N) is 1. The molecular weight excluding hydrogens is 406 g/mol. The van der Waals surface area contributed by atoms with E-state index in [-0.39, 0.29) is 30.1 Å². The average molecular weight is 434 g/mol. The minimum Gasteiger partial charge on any atom is -0.463 e. The van der Waals surface area contributed by atoms with Crippen LogP contribution in [0.5, 0.6) is 0 Å². The normalized spacial score (nSPS) is 14.1. The van der Waals surface area contributed by atoms with Gasteiger partial charge in [0.05, 0.1) is 30.3 Å². The summed E-state index contributed by atoms with van der Waals surface area (Å²) < 4.78 is 10.4. The van der Waals surface area contributed by atoms with Crippen LogP contribution in [0.4, 0.5) is 0 Å². The fraction of sp³-hybridized carbons (Fsp3) is 0.269. The van der Waals surface area contributed by atoms with Crippen molar-refractivity contribution in [1.82, 2.24) is 5.32 Å². The van der Waals surface area contributed by atoms with Gasteiger partial charge in [-0.1, -0.05) is 54.6 Å². The number of ketones is 1. The highest BCUT2D eigenvalue weighted by atomic mass is 16.5. The molecule has 6 nitrogen and oxygen atoms in total. The van der Waals surface area contributed by atoms with E-state index in [1.807, 2.05) is 42.5 Å². The van der Waals surface area contributed by atoms with Gasteiger partial charge in [-0.25, -0.2) is 9.59 Å². The fourth-order valence-electron chi connectivity index (χ4n) is 3.84. The maximum atomic E-state index is 13.7. The molecule has 1 aliphatic rings. The number of carbonyl (C=O) groups is 3. The molecule has 0 aliphatic carbocycles. The first-order valence-corrected chi connectivity index (χ1v) is 10.6. The molecule has 1 aliphatic heterocycles.